The minimum atomic E-state index is 0. The van der Waals surface area contributed by atoms with Crippen LogP contribution in [0, 0.1) is 0 Å². The van der Waals surface area contributed by atoms with Crippen LogP contribution in [0.2, 0.25) is 0 Å². The number of hydrogen-bond acceptors (Lipinski definition) is 5. The third-order valence-corrected chi connectivity index (χ3v) is 4.02. The van der Waals surface area contributed by atoms with E-state index in [1.807, 2.05) is 57.2 Å². The van der Waals surface area contributed by atoms with Gasteiger partial charge in [0.25, 0.3) is 0 Å². The van der Waals surface area contributed by atoms with Gasteiger partial charge in [-0.3, -0.25) is 0 Å². The van der Waals surface area contributed by atoms with E-state index < -0.39 is 0 Å². The summed E-state index contributed by atoms with van der Waals surface area (Å²) in [5.74, 6) is 3.49. The van der Waals surface area contributed by atoms with E-state index in [0.717, 1.165) is 23.5 Å². The van der Waals surface area contributed by atoms with E-state index in [1.165, 1.54) is 0 Å². The molecule has 2 aromatic carbocycles. The zero-order valence-corrected chi connectivity index (χ0v) is 20.6. The van der Waals surface area contributed by atoms with Gasteiger partial charge in [-0.1, -0.05) is 6.07 Å². The number of aliphatic imine (C=N–C) groups is 1. The fraction of sp³-hybridized carbons (Fsp3) is 0.409. The molecule has 2 rings (SSSR count). The summed E-state index contributed by atoms with van der Waals surface area (Å²) in [5.41, 5.74) is 1.88. The standard InChI is InChI=1S/C22H31N3O4.HI/c1-6-23-22(25-17-10-12-18(26-4)21(14-17)29-8-3)24-15-16-9-11-19(28-7-2)20(13-16)27-5;/h9-14H,6-8,15H2,1-5H3,(H2,23,24,25);1H. The topological polar surface area (TPSA) is 73.3 Å². The number of guanidine groups is 1. The van der Waals surface area contributed by atoms with Gasteiger partial charge in [0.2, 0.25) is 0 Å². The molecule has 0 fully saturated rings. The van der Waals surface area contributed by atoms with Gasteiger partial charge in [0, 0.05) is 18.3 Å². The largest absolute Gasteiger partial charge is 0.493 e. The molecule has 0 radical (unpaired) electrons. The Kier molecular flexibility index (Phi) is 11.8. The molecule has 0 saturated heterocycles. The Labute approximate surface area is 196 Å². The van der Waals surface area contributed by atoms with Gasteiger partial charge >= 0.3 is 0 Å². The lowest BCUT2D eigenvalue weighted by Crippen LogP contribution is -2.30. The van der Waals surface area contributed by atoms with Crippen LogP contribution in [0.5, 0.6) is 23.0 Å². The lowest BCUT2D eigenvalue weighted by atomic mass is 10.2. The molecular weight excluding hydrogens is 497 g/mol. The molecule has 0 heterocycles. The summed E-state index contributed by atoms with van der Waals surface area (Å²) in [6.07, 6.45) is 0. The first-order valence-electron chi connectivity index (χ1n) is 9.80. The number of rotatable bonds is 10. The quantitative estimate of drug-likeness (QED) is 0.264. The molecule has 0 aliphatic heterocycles. The highest BCUT2D eigenvalue weighted by molar-refractivity contribution is 14.0. The maximum atomic E-state index is 5.64. The number of benzene rings is 2. The van der Waals surface area contributed by atoms with Crippen molar-refractivity contribution in [3.63, 3.8) is 0 Å². The normalized spacial score (nSPS) is 10.6. The van der Waals surface area contributed by atoms with E-state index in [-0.39, 0.29) is 24.0 Å². The second-order valence-corrected chi connectivity index (χ2v) is 6.04. The maximum Gasteiger partial charge on any atom is 0.196 e. The fourth-order valence-electron chi connectivity index (χ4n) is 2.72. The van der Waals surface area contributed by atoms with Gasteiger partial charge in [-0.2, -0.15) is 0 Å². The number of ether oxygens (including phenoxy) is 4. The van der Waals surface area contributed by atoms with E-state index >= 15 is 0 Å². The van der Waals surface area contributed by atoms with Gasteiger partial charge in [-0.25, -0.2) is 4.99 Å². The first-order chi connectivity index (χ1) is 14.1. The first kappa shape index (κ1) is 25.7. The summed E-state index contributed by atoms with van der Waals surface area (Å²) >= 11 is 0. The molecule has 7 nitrogen and oxygen atoms in total. The van der Waals surface area contributed by atoms with Gasteiger partial charge in [0.1, 0.15) is 0 Å². The van der Waals surface area contributed by atoms with Crippen molar-refractivity contribution < 1.29 is 18.9 Å². The minimum Gasteiger partial charge on any atom is -0.493 e. The summed E-state index contributed by atoms with van der Waals surface area (Å²) in [6.45, 7) is 8.30. The van der Waals surface area contributed by atoms with Gasteiger partial charge in [0.05, 0.1) is 34.0 Å². The van der Waals surface area contributed by atoms with Crippen LogP contribution in [-0.4, -0.2) is 39.9 Å². The van der Waals surface area contributed by atoms with Gasteiger partial charge < -0.3 is 29.6 Å². The molecule has 0 unspecified atom stereocenters. The third-order valence-electron chi connectivity index (χ3n) is 4.02. The average Bonchev–Trinajstić information content (AvgIpc) is 2.73. The first-order valence-corrected chi connectivity index (χ1v) is 9.80. The second-order valence-electron chi connectivity index (χ2n) is 6.04. The van der Waals surface area contributed by atoms with Crippen LogP contribution in [0.3, 0.4) is 0 Å². The zero-order chi connectivity index (χ0) is 21.1. The molecule has 0 aromatic heterocycles. The molecule has 2 N–H and O–H groups in total. The van der Waals surface area contributed by atoms with Crippen LogP contribution < -0.4 is 29.6 Å². The number of nitrogens with zero attached hydrogens (tertiary/aromatic N) is 1. The second kappa shape index (κ2) is 13.8. The number of hydrogen-bond donors (Lipinski definition) is 2. The minimum absolute atomic E-state index is 0. The summed E-state index contributed by atoms with van der Waals surface area (Å²) in [6, 6.07) is 11.5. The molecule has 0 atom stereocenters. The number of nitrogens with one attached hydrogen (secondary N) is 2. The van der Waals surface area contributed by atoms with E-state index in [2.05, 4.69) is 15.6 Å². The smallest absolute Gasteiger partial charge is 0.196 e. The predicted molar refractivity (Wildman–Crippen MR) is 132 cm³/mol. The van der Waals surface area contributed by atoms with Crippen LogP contribution in [0.25, 0.3) is 0 Å². The predicted octanol–water partition coefficient (Wildman–Crippen LogP) is 4.70. The summed E-state index contributed by atoms with van der Waals surface area (Å²) in [4.78, 5) is 4.67. The monoisotopic (exact) mass is 529 g/mol. The van der Waals surface area contributed by atoms with Gasteiger partial charge in [-0.15, -0.1) is 24.0 Å². The number of halogens is 1. The molecular formula is C22H32IN3O4. The Morgan fingerprint density at radius 3 is 2.13 bits per heavy atom. The molecule has 0 bridgehead atoms. The molecule has 0 spiro atoms. The van der Waals surface area contributed by atoms with E-state index in [9.17, 15) is 0 Å². The molecule has 0 aliphatic rings. The SMILES string of the molecule is CCNC(=NCc1ccc(OCC)c(OC)c1)Nc1ccc(OC)c(OCC)c1.I. The van der Waals surface area contributed by atoms with Crippen molar-refractivity contribution in [3.8, 4) is 23.0 Å². The van der Waals surface area contributed by atoms with E-state index in [1.54, 1.807) is 14.2 Å². The van der Waals surface area contributed by atoms with E-state index in [4.69, 9.17) is 18.9 Å². The molecule has 0 amide bonds. The third kappa shape index (κ3) is 7.47. The Balaban J connectivity index is 0.00000450. The van der Waals surface area contributed by atoms with Crippen molar-refractivity contribution in [2.24, 2.45) is 4.99 Å². The Bertz CT molecular complexity index is 815. The van der Waals surface area contributed by atoms with Crippen molar-refractivity contribution >= 4 is 35.6 Å². The van der Waals surface area contributed by atoms with Crippen molar-refractivity contribution in [1.82, 2.24) is 5.32 Å². The lowest BCUT2D eigenvalue weighted by molar-refractivity contribution is 0.310. The maximum absolute atomic E-state index is 5.64. The van der Waals surface area contributed by atoms with Crippen molar-refractivity contribution in [3.05, 3.63) is 42.0 Å². The highest BCUT2D eigenvalue weighted by Crippen LogP contribution is 2.30. The van der Waals surface area contributed by atoms with Crippen LogP contribution in [0.1, 0.15) is 26.3 Å². The van der Waals surface area contributed by atoms with Crippen molar-refractivity contribution in [2.45, 2.75) is 27.3 Å². The van der Waals surface area contributed by atoms with Crippen LogP contribution in [-0.2, 0) is 6.54 Å². The van der Waals surface area contributed by atoms with Gasteiger partial charge in [-0.05, 0) is 50.6 Å². The Hall–Kier alpha value is -2.36. The van der Waals surface area contributed by atoms with Crippen molar-refractivity contribution in [1.29, 1.82) is 0 Å². The van der Waals surface area contributed by atoms with Crippen LogP contribution >= 0.6 is 24.0 Å². The molecule has 30 heavy (non-hydrogen) atoms. The number of anilines is 1. The lowest BCUT2D eigenvalue weighted by Gasteiger charge is -2.15. The summed E-state index contributed by atoms with van der Waals surface area (Å²) in [7, 11) is 3.26. The highest BCUT2D eigenvalue weighted by atomic mass is 127. The van der Waals surface area contributed by atoms with Gasteiger partial charge in [0.15, 0.2) is 29.0 Å². The average molecular weight is 529 g/mol. The molecule has 0 saturated carbocycles. The van der Waals surface area contributed by atoms with E-state index in [0.29, 0.717) is 43.0 Å². The number of methoxy groups -OCH3 is 2. The Morgan fingerprint density at radius 2 is 1.50 bits per heavy atom. The molecule has 0 aliphatic carbocycles. The fourth-order valence-corrected chi connectivity index (χ4v) is 2.72. The summed E-state index contributed by atoms with van der Waals surface area (Å²) < 4.78 is 22.0. The van der Waals surface area contributed by atoms with Crippen LogP contribution in [0.4, 0.5) is 5.69 Å². The Morgan fingerprint density at radius 1 is 0.833 bits per heavy atom. The molecule has 8 heteroatoms. The van der Waals surface area contributed by atoms with Crippen molar-refractivity contribution in [2.75, 3.05) is 39.3 Å². The highest BCUT2D eigenvalue weighted by Gasteiger charge is 2.08. The molecule has 166 valence electrons. The zero-order valence-electron chi connectivity index (χ0n) is 18.3. The van der Waals surface area contributed by atoms with Crippen LogP contribution in [0.15, 0.2) is 41.4 Å². The summed E-state index contributed by atoms with van der Waals surface area (Å²) in [5, 5.41) is 6.56. The molecule has 2 aromatic rings.